The molecule has 2 aromatic heterocycles. The summed E-state index contributed by atoms with van der Waals surface area (Å²) in [4.78, 5) is 34.4. The van der Waals surface area contributed by atoms with Gasteiger partial charge in [0.05, 0.1) is 18.4 Å². The molecule has 1 amide bonds. The number of hydrogen-bond donors (Lipinski definition) is 1. The second-order valence-corrected chi connectivity index (χ2v) is 6.99. The number of carbonyl (C=O) groups is 2. The number of aromatic nitrogens is 2. The molecule has 0 aliphatic carbocycles. The van der Waals surface area contributed by atoms with Gasteiger partial charge in [0.15, 0.2) is 0 Å². The Morgan fingerprint density at radius 2 is 2.24 bits per heavy atom. The number of carbonyl (C=O) groups excluding carboxylic acids is 2. The van der Waals surface area contributed by atoms with Crippen LogP contribution in [0.25, 0.3) is 11.0 Å². The maximum atomic E-state index is 12.8. The van der Waals surface area contributed by atoms with Crippen molar-refractivity contribution in [3.8, 4) is 0 Å². The van der Waals surface area contributed by atoms with E-state index in [0.717, 1.165) is 16.6 Å². The van der Waals surface area contributed by atoms with Gasteiger partial charge in [0.25, 0.3) is 0 Å². The van der Waals surface area contributed by atoms with Gasteiger partial charge in [-0.25, -0.2) is 4.98 Å². The van der Waals surface area contributed by atoms with Crippen LogP contribution in [0.5, 0.6) is 0 Å². The third kappa shape index (κ3) is 3.13. The van der Waals surface area contributed by atoms with E-state index in [-0.39, 0.29) is 17.8 Å². The van der Waals surface area contributed by atoms with E-state index in [1.165, 1.54) is 0 Å². The number of amides is 1. The van der Waals surface area contributed by atoms with Crippen LogP contribution in [0.3, 0.4) is 0 Å². The lowest BCUT2D eigenvalue weighted by atomic mass is 9.76. The lowest BCUT2D eigenvalue weighted by molar-refractivity contribution is -0.157. The summed E-state index contributed by atoms with van der Waals surface area (Å²) in [5.74, 6) is -0.0187. The molecule has 134 valence electrons. The molecular weight excluding hydrogens is 318 g/mol. The van der Waals surface area contributed by atoms with Gasteiger partial charge >= 0.3 is 5.97 Å². The van der Waals surface area contributed by atoms with Crippen LogP contribution in [0.2, 0.25) is 0 Å². The largest absolute Gasteiger partial charge is 0.466 e. The summed E-state index contributed by atoms with van der Waals surface area (Å²) in [5.41, 5.74) is 1.13. The van der Waals surface area contributed by atoms with Crippen LogP contribution in [0.1, 0.15) is 32.8 Å². The van der Waals surface area contributed by atoms with Crippen LogP contribution in [-0.4, -0.2) is 46.4 Å². The van der Waals surface area contributed by atoms with Gasteiger partial charge in [-0.1, -0.05) is 13.8 Å². The topological polar surface area (TPSA) is 75.3 Å². The van der Waals surface area contributed by atoms with Crippen molar-refractivity contribution in [1.29, 1.82) is 0 Å². The van der Waals surface area contributed by atoms with Crippen LogP contribution < -0.4 is 0 Å². The number of H-pyrrole nitrogens is 1. The Morgan fingerprint density at radius 3 is 2.96 bits per heavy atom. The Kier molecular flexibility index (Phi) is 4.79. The molecule has 0 radical (unpaired) electrons. The Labute approximate surface area is 147 Å². The average molecular weight is 343 g/mol. The first-order chi connectivity index (χ1) is 12.0. The number of esters is 1. The number of aromatic amines is 1. The summed E-state index contributed by atoms with van der Waals surface area (Å²) in [6.45, 7) is 7.25. The highest BCUT2D eigenvalue weighted by Gasteiger charge is 2.49. The van der Waals surface area contributed by atoms with Crippen molar-refractivity contribution in [1.82, 2.24) is 14.9 Å². The smallest absolute Gasteiger partial charge is 0.314 e. The Balaban J connectivity index is 1.74. The molecule has 3 heterocycles. The second kappa shape index (κ2) is 6.86. The molecule has 1 fully saturated rings. The van der Waals surface area contributed by atoms with Crippen molar-refractivity contribution >= 4 is 22.9 Å². The SMILES string of the molecule is CCOC(=O)[C@@]1(C(C)C)CCN(C(=O)Cc2c[nH]c3ncccc23)C1. The fraction of sp³-hybridized carbons (Fsp3) is 0.526. The normalized spacial score (nSPS) is 20.4. The molecule has 0 unspecified atom stereocenters. The zero-order valence-electron chi connectivity index (χ0n) is 15.0. The number of fused-ring (bicyclic) bond motifs is 1. The first-order valence-corrected chi connectivity index (χ1v) is 8.84. The monoisotopic (exact) mass is 343 g/mol. The lowest BCUT2D eigenvalue weighted by Crippen LogP contribution is -2.42. The molecule has 1 N–H and O–H groups in total. The minimum Gasteiger partial charge on any atom is -0.466 e. The molecule has 25 heavy (non-hydrogen) atoms. The maximum Gasteiger partial charge on any atom is 0.314 e. The molecule has 1 saturated heterocycles. The van der Waals surface area contributed by atoms with Gasteiger partial charge in [-0.05, 0) is 37.0 Å². The van der Waals surface area contributed by atoms with Crippen LogP contribution in [0.4, 0.5) is 0 Å². The van der Waals surface area contributed by atoms with E-state index in [4.69, 9.17) is 4.74 Å². The highest BCUT2D eigenvalue weighted by Crippen LogP contribution is 2.39. The number of ether oxygens (including phenoxy) is 1. The van der Waals surface area contributed by atoms with Crippen LogP contribution in [0, 0.1) is 11.3 Å². The number of rotatable bonds is 5. The molecule has 6 nitrogen and oxygen atoms in total. The van der Waals surface area contributed by atoms with Crippen molar-refractivity contribution < 1.29 is 14.3 Å². The third-order valence-corrected chi connectivity index (χ3v) is 5.32. The fourth-order valence-electron chi connectivity index (χ4n) is 3.63. The molecule has 1 aliphatic heterocycles. The van der Waals surface area contributed by atoms with Crippen molar-refractivity contribution in [3.05, 3.63) is 30.1 Å². The van der Waals surface area contributed by atoms with Gasteiger partial charge in [0.2, 0.25) is 5.91 Å². The first-order valence-electron chi connectivity index (χ1n) is 8.84. The van der Waals surface area contributed by atoms with Gasteiger partial charge in [0.1, 0.15) is 5.65 Å². The molecular formula is C19H25N3O3. The molecule has 1 atom stereocenters. The summed E-state index contributed by atoms with van der Waals surface area (Å²) in [6.07, 6.45) is 4.53. The van der Waals surface area contributed by atoms with Gasteiger partial charge in [-0.2, -0.15) is 0 Å². The lowest BCUT2D eigenvalue weighted by Gasteiger charge is -2.30. The average Bonchev–Trinajstić information content (AvgIpc) is 3.21. The van der Waals surface area contributed by atoms with Crippen LogP contribution in [-0.2, 0) is 20.7 Å². The van der Waals surface area contributed by atoms with Crippen LogP contribution in [0.15, 0.2) is 24.5 Å². The molecule has 0 bridgehead atoms. The number of hydrogen-bond acceptors (Lipinski definition) is 4. The Morgan fingerprint density at radius 1 is 1.44 bits per heavy atom. The van der Waals surface area contributed by atoms with E-state index in [0.29, 0.717) is 32.5 Å². The number of pyridine rings is 1. The molecule has 0 saturated carbocycles. The zero-order chi connectivity index (χ0) is 18.0. The highest BCUT2D eigenvalue weighted by atomic mass is 16.5. The number of nitrogens with zero attached hydrogens (tertiary/aromatic N) is 2. The minimum atomic E-state index is -0.590. The summed E-state index contributed by atoms with van der Waals surface area (Å²) < 4.78 is 5.29. The van der Waals surface area contributed by atoms with Crippen molar-refractivity contribution in [2.75, 3.05) is 19.7 Å². The first kappa shape index (κ1) is 17.5. The van der Waals surface area contributed by atoms with Crippen LogP contribution >= 0.6 is 0 Å². The standard InChI is InChI=1S/C19H25N3O3/c1-4-25-18(24)19(13(2)3)7-9-22(12-19)16(23)10-14-11-21-17-15(14)6-5-8-20-17/h5-6,8,11,13H,4,7,9-10,12H2,1-3H3,(H,20,21)/t19-/m0/s1. The molecule has 1 aliphatic rings. The van der Waals surface area contributed by atoms with E-state index in [9.17, 15) is 9.59 Å². The Hall–Kier alpha value is -2.37. The molecule has 0 aromatic carbocycles. The van der Waals surface area contributed by atoms with Crippen molar-refractivity contribution in [2.24, 2.45) is 11.3 Å². The summed E-state index contributed by atoms with van der Waals surface area (Å²) in [7, 11) is 0. The summed E-state index contributed by atoms with van der Waals surface area (Å²) >= 11 is 0. The molecule has 2 aromatic rings. The fourth-order valence-corrected chi connectivity index (χ4v) is 3.63. The third-order valence-electron chi connectivity index (χ3n) is 5.32. The van der Waals surface area contributed by atoms with E-state index >= 15 is 0 Å². The molecule has 3 rings (SSSR count). The zero-order valence-corrected chi connectivity index (χ0v) is 15.0. The molecule has 6 heteroatoms. The molecule has 0 spiro atoms. The minimum absolute atomic E-state index is 0.0385. The van der Waals surface area contributed by atoms with Gasteiger partial charge in [0, 0.05) is 30.9 Å². The Bertz CT molecular complexity index is 783. The van der Waals surface area contributed by atoms with E-state index in [1.807, 2.05) is 39.1 Å². The summed E-state index contributed by atoms with van der Waals surface area (Å²) in [5, 5.41) is 0.968. The predicted octanol–water partition coefficient (Wildman–Crippen LogP) is 2.54. The van der Waals surface area contributed by atoms with E-state index < -0.39 is 5.41 Å². The van der Waals surface area contributed by atoms with Gasteiger partial charge in [-0.3, -0.25) is 9.59 Å². The summed E-state index contributed by atoms with van der Waals surface area (Å²) in [6, 6.07) is 3.83. The van der Waals surface area contributed by atoms with Crippen molar-refractivity contribution in [3.63, 3.8) is 0 Å². The van der Waals surface area contributed by atoms with Gasteiger partial charge < -0.3 is 14.6 Å². The predicted molar refractivity (Wildman–Crippen MR) is 94.9 cm³/mol. The maximum absolute atomic E-state index is 12.8. The van der Waals surface area contributed by atoms with Gasteiger partial charge in [-0.15, -0.1) is 0 Å². The number of nitrogens with one attached hydrogen (secondary N) is 1. The quantitative estimate of drug-likeness (QED) is 0.847. The van der Waals surface area contributed by atoms with E-state index in [2.05, 4.69) is 9.97 Å². The number of likely N-dealkylation sites (tertiary alicyclic amines) is 1. The van der Waals surface area contributed by atoms with E-state index in [1.54, 1.807) is 11.1 Å². The van der Waals surface area contributed by atoms with Crippen molar-refractivity contribution in [2.45, 2.75) is 33.6 Å². The highest BCUT2D eigenvalue weighted by molar-refractivity contribution is 5.88. The second-order valence-electron chi connectivity index (χ2n) is 6.99.